The average molecular weight is 228 g/mol. The van der Waals surface area contributed by atoms with Gasteiger partial charge in [-0.1, -0.05) is 30.3 Å². The standard InChI is InChI=1S/C11H14ClNO2/c1-2-15-11(14)8-10(13-12)9-6-4-3-5-7-9/h3-7,10,13H,2,8H2,1H3/t10-/m1/s1. The lowest BCUT2D eigenvalue weighted by Gasteiger charge is -2.13. The first-order valence-corrected chi connectivity index (χ1v) is 5.22. The van der Waals surface area contributed by atoms with Gasteiger partial charge in [-0.15, -0.1) is 0 Å². The van der Waals surface area contributed by atoms with Crippen molar-refractivity contribution in [1.29, 1.82) is 0 Å². The van der Waals surface area contributed by atoms with Crippen molar-refractivity contribution in [2.24, 2.45) is 0 Å². The number of carbonyl (C=O) groups excluding carboxylic acids is 1. The molecule has 0 aromatic heterocycles. The summed E-state index contributed by atoms with van der Waals surface area (Å²) in [5.74, 6) is -0.250. The smallest absolute Gasteiger partial charge is 0.307 e. The fraction of sp³-hybridized carbons (Fsp3) is 0.364. The molecule has 1 aromatic rings. The number of nitrogens with one attached hydrogen (secondary N) is 1. The summed E-state index contributed by atoms with van der Waals surface area (Å²) in [7, 11) is 0. The number of esters is 1. The van der Waals surface area contributed by atoms with Gasteiger partial charge in [0, 0.05) is 0 Å². The highest BCUT2D eigenvalue weighted by molar-refractivity contribution is 6.13. The van der Waals surface area contributed by atoms with Crippen molar-refractivity contribution in [2.75, 3.05) is 6.61 Å². The number of benzene rings is 1. The topological polar surface area (TPSA) is 38.3 Å². The van der Waals surface area contributed by atoms with Crippen molar-refractivity contribution < 1.29 is 9.53 Å². The van der Waals surface area contributed by atoms with Gasteiger partial charge in [0.1, 0.15) is 0 Å². The number of halogens is 1. The van der Waals surface area contributed by atoms with Gasteiger partial charge in [-0.2, -0.15) is 0 Å². The van der Waals surface area contributed by atoms with Crippen LogP contribution in [0.25, 0.3) is 0 Å². The summed E-state index contributed by atoms with van der Waals surface area (Å²) in [6.45, 7) is 2.17. The van der Waals surface area contributed by atoms with Gasteiger partial charge in [-0.3, -0.25) is 4.79 Å². The van der Waals surface area contributed by atoms with Gasteiger partial charge in [0.2, 0.25) is 0 Å². The van der Waals surface area contributed by atoms with E-state index in [9.17, 15) is 4.79 Å². The molecule has 82 valence electrons. The molecular weight excluding hydrogens is 214 g/mol. The lowest BCUT2D eigenvalue weighted by atomic mass is 10.1. The van der Waals surface area contributed by atoms with Crippen LogP contribution in [0.15, 0.2) is 30.3 Å². The number of ether oxygens (including phenoxy) is 1. The molecule has 0 fully saturated rings. The van der Waals surface area contributed by atoms with E-state index in [1.165, 1.54) is 0 Å². The third-order valence-electron chi connectivity index (χ3n) is 2.01. The Morgan fingerprint density at radius 3 is 2.67 bits per heavy atom. The van der Waals surface area contributed by atoms with E-state index >= 15 is 0 Å². The molecule has 0 saturated carbocycles. The van der Waals surface area contributed by atoms with E-state index in [1.807, 2.05) is 30.3 Å². The highest BCUT2D eigenvalue weighted by Crippen LogP contribution is 2.17. The minimum atomic E-state index is -0.250. The molecule has 0 heterocycles. The second-order valence-electron chi connectivity index (χ2n) is 3.08. The summed E-state index contributed by atoms with van der Waals surface area (Å²) in [4.78, 5) is 13.8. The zero-order valence-electron chi connectivity index (χ0n) is 8.57. The lowest BCUT2D eigenvalue weighted by molar-refractivity contribution is -0.143. The second kappa shape index (κ2) is 6.43. The first-order valence-electron chi connectivity index (χ1n) is 4.84. The van der Waals surface area contributed by atoms with E-state index in [2.05, 4.69) is 4.84 Å². The number of hydrogen-bond donors (Lipinski definition) is 1. The predicted molar refractivity (Wildman–Crippen MR) is 59.4 cm³/mol. The average Bonchev–Trinajstić information content (AvgIpc) is 2.27. The third kappa shape index (κ3) is 3.90. The fourth-order valence-electron chi connectivity index (χ4n) is 1.29. The maximum absolute atomic E-state index is 11.3. The number of rotatable bonds is 5. The molecule has 0 radical (unpaired) electrons. The Labute approximate surface area is 94.5 Å². The molecule has 15 heavy (non-hydrogen) atoms. The molecule has 0 aliphatic rings. The summed E-state index contributed by atoms with van der Waals surface area (Å²) in [5.41, 5.74) is 0.973. The quantitative estimate of drug-likeness (QED) is 0.620. The SMILES string of the molecule is CCOC(=O)C[C@@H](NCl)c1ccccc1. The zero-order chi connectivity index (χ0) is 11.1. The minimum Gasteiger partial charge on any atom is -0.466 e. The molecule has 0 spiro atoms. The Morgan fingerprint density at radius 1 is 1.47 bits per heavy atom. The minimum absolute atomic E-state index is 0.202. The van der Waals surface area contributed by atoms with E-state index in [1.54, 1.807) is 6.92 Å². The predicted octanol–water partition coefficient (Wildman–Crippen LogP) is 2.42. The molecule has 0 bridgehead atoms. The van der Waals surface area contributed by atoms with Crippen LogP contribution in [-0.4, -0.2) is 12.6 Å². The first kappa shape index (κ1) is 12.0. The van der Waals surface area contributed by atoms with Gasteiger partial charge in [0.05, 0.1) is 19.1 Å². The van der Waals surface area contributed by atoms with Gasteiger partial charge in [0.15, 0.2) is 0 Å². The molecule has 0 aliphatic heterocycles. The van der Waals surface area contributed by atoms with E-state index in [4.69, 9.17) is 16.5 Å². The monoisotopic (exact) mass is 227 g/mol. The molecule has 4 heteroatoms. The molecule has 0 saturated heterocycles. The van der Waals surface area contributed by atoms with Crippen LogP contribution in [0.2, 0.25) is 0 Å². The Bertz CT molecular complexity index is 303. The molecule has 0 amide bonds. The Balaban J connectivity index is 2.61. The molecule has 1 rings (SSSR count). The molecule has 1 aromatic carbocycles. The Kier molecular flexibility index (Phi) is 5.15. The highest BCUT2D eigenvalue weighted by atomic mass is 35.5. The van der Waals surface area contributed by atoms with Crippen LogP contribution in [0, 0.1) is 0 Å². The summed E-state index contributed by atoms with van der Waals surface area (Å²) in [6, 6.07) is 9.35. The van der Waals surface area contributed by atoms with Crippen molar-refractivity contribution in [3.8, 4) is 0 Å². The normalized spacial score (nSPS) is 12.1. The molecule has 0 unspecified atom stereocenters. The Hall–Kier alpha value is -1.06. The van der Waals surface area contributed by atoms with Gasteiger partial charge in [-0.05, 0) is 24.3 Å². The first-order chi connectivity index (χ1) is 7.27. The van der Waals surface area contributed by atoms with Crippen molar-refractivity contribution in [1.82, 2.24) is 4.84 Å². The van der Waals surface area contributed by atoms with E-state index in [-0.39, 0.29) is 18.4 Å². The summed E-state index contributed by atoms with van der Waals surface area (Å²) in [5, 5.41) is 0. The van der Waals surface area contributed by atoms with Crippen LogP contribution in [0.5, 0.6) is 0 Å². The van der Waals surface area contributed by atoms with Gasteiger partial charge in [0.25, 0.3) is 0 Å². The van der Waals surface area contributed by atoms with E-state index in [0.717, 1.165) is 5.56 Å². The van der Waals surface area contributed by atoms with Gasteiger partial charge >= 0.3 is 5.97 Å². The summed E-state index contributed by atoms with van der Waals surface area (Å²) < 4.78 is 4.86. The van der Waals surface area contributed by atoms with Crippen LogP contribution in [0.3, 0.4) is 0 Å². The van der Waals surface area contributed by atoms with Crippen molar-refractivity contribution in [3.63, 3.8) is 0 Å². The van der Waals surface area contributed by atoms with Gasteiger partial charge < -0.3 is 4.74 Å². The number of hydrogen-bond acceptors (Lipinski definition) is 3. The van der Waals surface area contributed by atoms with Crippen LogP contribution in [-0.2, 0) is 9.53 Å². The zero-order valence-corrected chi connectivity index (χ0v) is 9.33. The Morgan fingerprint density at radius 2 is 2.13 bits per heavy atom. The lowest BCUT2D eigenvalue weighted by Crippen LogP contribution is -2.17. The maximum atomic E-state index is 11.3. The number of carbonyl (C=O) groups is 1. The van der Waals surface area contributed by atoms with Crippen molar-refractivity contribution in [3.05, 3.63) is 35.9 Å². The van der Waals surface area contributed by atoms with Crippen molar-refractivity contribution in [2.45, 2.75) is 19.4 Å². The van der Waals surface area contributed by atoms with E-state index in [0.29, 0.717) is 6.61 Å². The largest absolute Gasteiger partial charge is 0.466 e. The van der Waals surface area contributed by atoms with Gasteiger partial charge in [-0.25, -0.2) is 4.84 Å². The summed E-state index contributed by atoms with van der Waals surface area (Å²) in [6.07, 6.45) is 0.237. The van der Waals surface area contributed by atoms with Crippen LogP contribution >= 0.6 is 11.8 Å². The molecule has 0 aliphatic carbocycles. The fourth-order valence-corrected chi connectivity index (χ4v) is 1.49. The maximum Gasteiger partial charge on any atom is 0.307 e. The van der Waals surface area contributed by atoms with E-state index < -0.39 is 0 Å². The highest BCUT2D eigenvalue weighted by Gasteiger charge is 2.15. The van der Waals surface area contributed by atoms with Crippen LogP contribution in [0.1, 0.15) is 24.9 Å². The molecular formula is C11H14ClNO2. The van der Waals surface area contributed by atoms with Crippen molar-refractivity contribution >= 4 is 17.7 Å². The third-order valence-corrected chi connectivity index (χ3v) is 2.27. The summed E-state index contributed by atoms with van der Waals surface area (Å²) >= 11 is 5.59. The van der Waals surface area contributed by atoms with Crippen LogP contribution in [0.4, 0.5) is 0 Å². The molecule has 1 N–H and O–H groups in total. The molecule has 1 atom stereocenters. The second-order valence-corrected chi connectivity index (χ2v) is 3.30. The molecule has 3 nitrogen and oxygen atoms in total. The van der Waals surface area contributed by atoms with Crippen LogP contribution < -0.4 is 4.84 Å².